The number of ether oxygens (including phenoxy) is 1. The summed E-state index contributed by atoms with van der Waals surface area (Å²) in [6.07, 6.45) is 1.68. The second kappa shape index (κ2) is 5.61. The van der Waals surface area contributed by atoms with Crippen molar-refractivity contribution < 1.29 is 14.3 Å². The van der Waals surface area contributed by atoms with Crippen molar-refractivity contribution in [1.82, 2.24) is 4.90 Å². The largest absolute Gasteiger partial charge is 0.462 e. The molecule has 1 amide bonds. The highest BCUT2D eigenvalue weighted by Gasteiger charge is 2.67. The molecule has 2 aliphatic rings. The SMILES string of the molecule is CC(=O)O[C@@H]1C[C@@]2(C)[C@@H](N(C)C(=O)c3ccccc3)C[C@@H]1C2(C)C. The Hall–Kier alpha value is -1.84. The molecular weight excluding hydrogens is 302 g/mol. The maximum Gasteiger partial charge on any atom is 0.302 e. The van der Waals surface area contributed by atoms with Crippen LogP contribution in [0.4, 0.5) is 0 Å². The van der Waals surface area contributed by atoms with Gasteiger partial charge in [0.2, 0.25) is 0 Å². The molecule has 4 nitrogen and oxygen atoms in total. The summed E-state index contributed by atoms with van der Waals surface area (Å²) in [6, 6.07) is 9.59. The van der Waals surface area contributed by atoms with Crippen molar-refractivity contribution >= 4 is 11.9 Å². The van der Waals surface area contributed by atoms with Crippen LogP contribution in [0.25, 0.3) is 0 Å². The number of benzene rings is 1. The minimum absolute atomic E-state index is 0.0287. The lowest BCUT2D eigenvalue weighted by atomic mass is 9.69. The van der Waals surface area contributed by atoms with Gasteiger partial charge in [-0.05, 0) is 35.8 Å². The van der Waals surface area contributed by atoms with Crippen molar-refractivity contribution in [3.63, 3.8) is 0 Å². The normalized spacial score (nSPS) is 33.3. The molecule has 2 aliphatic carbocycles. The maximum absolute atomic E-state index is 12.9. The van der Waals surface area contributed by atoms with Crippen LogP contribution in [0.5, 0.6) is 0 Å². The Kier molecular flexibility index (Phi) is 3.97. The highest BCUT2D eigenvalue weighted by molar-refractivity contribution is 5.94. The van der Waals surface area contributed by atoms with Crippen molar-refractivity contribution in [2.45, 2.75) is 52.7 Å². The van der Waals surface area contributed by atoms with Crippen LogP contribution in [0, 0.1) is 16.7 Å². The summed E-state index contributed by atoms with van der Waals surface area (Å²) >= 11 is 0. The highest BCUT2D eigenvalue weighted by atomic mass is 16.5. The summed E-state index contributed by atoms with van der Waals surface area (Å²) in [5, 5.41) is 0. The van der Waals surface area contributed by atoms with Gasteiger partial charge < -0.3 is 9.64 Å². The number of nitrogens with zero attached hydrogens (tertiary/aromatic N) is 1. The van der Waals surface area contributed by atoms with E-state index in [1.807, 2.05) is 42.3 Å². The van der Waals surface area contributed by atoms with E-state index < -0.39 is 0 Å². The minimum Gasteiger partial charge on any atom is -0.462 e. The number of amides is 1. The van der Waals surface area contributed by atoms with Gasteiger partial charge in [-0.2, -0.15) is 0 Å². The number of hydrogen-bond acceptors (Lipinski definition) is 3. The average Bonchev–Trinajstić information content (AvgIpc) is 2.84. The molecule has 0 heterocycles. The molecule has 2 saturated carbocycles. The van der Waals surface area contributed by atoms with E-state index in [9.17, 15) is 9.59 Å². The lowest BCUT2D eigenvalue weighted by Crippen LogP contribution is -2.49. The number of hydrogen-bond donors (Lipinski definition) is 0. The Balaban J connectivity index is 1.85. The fourth-order valence-electron chi connectivity index (χ4n) is 5.07. The second-order valence-electron chi connectivity index (χ2n) is 8.13. The third-order valence-corrected chi connectivity index (χ3v) is 6.81. The zero-order chi connectivity index (χ0) is 17.7. The second-order valence-corrected chi connectivity index (χ2v) is 8.13. The smallest absolute Gasteiger partial charge is 0.302 e. The molecule has 0 radical (unpaired) electrons. The van der Waals surface area contributed by atoms with Gasteiger partial charge >= 0.3 is 5.97 Å². The summed E-state index contributed by atoms with van der Waals surface area (Å²) in [5.41, 5.74) is 0.695. The average molecular weight is 329 g/mol. The zero-order valence-electron chi connectivity index (χ0n) is 15.2. The van der Waals surface area contributed by atoms with E-state index in [0.717, 1.165) is 18.4 Å². The predicted molar refractivity (Wildman–Crippen MR) is 92.5 cm³/mol. The molecule has 0 unspecified atom stereocenters. The molecule has 1 aromatic rings. The zero-order valence-corrected chi connectivity index (χ0v) is 15.2. The third-order valence-electron chi connectivity index (χ3n) is 6.81. The molecule has 0 aromatic heterocycles. The van der Waals surface area contributed by atoms with Gasteiger partial charge in [0, 0.05) is 31.5 Å². The number of fused-ring (bicyclic) bond motifs is 2. The van der Waals surface area contributed by atoms with Crippen molar-refractivity contribution in [2.24, 2.45) is 16.7 Å². The van der Waals surface area contributed by atoms with Crippen LogP contribution < -0.4 is 0 Å². The Morgan fingerprint density at radius 2 is 1.79 bits per heavy atom. The molecule has 2 fully saturated rings. The Morgan fingerprint density at radius 3 is 2.29 bits per heavy atom. The molecule has 4 heteroatoms. The van der Waals surface area contributed by atoms with Crippen LogP contribution in [0.3, 0.4) is 0 Å². The minimum atomic E-state index is -0.211. The Labute approximate surface area is 144 Å². The molecule has 3 rings (SSSR count). The number of carbonyl (C=O) groups is 2. The van der Waals surface area contributed by atoms with Crippen LogP contribution >= 0.6 is 0 Å². The summed E-state index contributed by atoms with van der Waals surface area (Å²) in [5.74, 6) is 0.147. The summed E-state index contributed by atoms with van der Waals surface area (Å²) in [7, 11) is 1.91. The van der Waals surface area contributed by atoms with Crippen molar-refractivity contribution in [3.8, 4) is 0 Å². The Bertz CT molecular complexity index is 654. The molecule has 2 bridgehead atoms. The topological polar surface area (TPSA) is 46.6 Å². The van der Waals surface area contributed by atoms with Crippen LogP contribution in [0.15, 0.2) is 30.3 Å². The molecule has 130 valence electrons. The quantitative estimate of drug-likeness (QED) is 0.797. The first-order valence-electron chi connectivity index (χ1n) is 8.68. The van der Waals surface area contributed by atoms with E-state index >= 15 is 0 Å². The lowest BCUT2D eigenvalue weighted by molar-refractivity contribution is -0.150. The van der Waals surface area contributed by atoms with Crippen molar-refractivity contribution in [1.29, 1.82) is 0 Å². The van der Waals surface area contributed by atoms with Crippen molar-refractivity contribution in [3.05, 3.63) is 35.9 Å². The lowest BCUT2D eigenvalue weighted by Gasteiger charge is -2.43. The van der Waals surface area contributed by atoms with Gasteiger partial charge in [-0.1, -0.05) is 39.0 Å². The summed E-state index contributed by atoms with van der Waals surface area (Å²) < 4.78 is 5.58. The molecule has 0 N–H and O–H groups in total. The molecule has 1 aromatic carbocycles. The van der Waals surface area contributed by atoms with Gasteiger partial charge in [-0.3, -0.25) is 9.59 Å². The van der Waals surface area contributed by atoms with Crippen LogP contribution in [-0.4, -0.2) is 36.0 Å². The van der Waals surface area contributed by atoms with E-state index in [2.05, 4.69) is 20.8 Å². The van der Waals surface area contributed by atoms with E-state index in [-0.39, 0.29) is 34.9 Å². The predicted octanol–water partition coefficient (Wildman–Crippen LogP) is 3.52. The van der Waals surface area contributed by atoms with E-state index in [1.165, 1.54) is 6.92 Å². The standard InChI is InChI=1S/C20H27NO3/c1-13(22)24-16-12-20(4)17(11-15(16)19(20,2)3)21(5)18(23)14-9-7-6-8-10-14/h6-10,15-17H,11-12H2,1-5H3/t15-,16+,17-,20-/m0/s1. The molecular formula is C20H27NO3. The maximum atomic E-state index is 12.9. The first-order chi connectivity index (χ1) is 11.2. The van der Waals surface area contributed by atoms with Gasteiger partial charge in [0.1, 0.15) is 6.10 Å². The first kappa shape index (κ1) is 17.0. The summed E-state index contributed by atoms with van der Waals surface area (Å²) in [6.45, 7) is 8.23. The monoisotopic (exact) mass is 329 g/mol. The van der Waals surface area contributed by atoms with Gasteiger partial charge in [0.15, 0.2) is 0 Å². The van der Waals surface area contributed by atoms with E-state index in [4.69, 9.17) is 4.74 Å². The highest BCUT2D eigenvalue weighted by Crippen LogP contribution is 2.67. The first-order valence-corrected chi connectivity index (χ1v) is 8.68. The molecule has 0 spiro atoms. The molecule has 0 aliphatic heterocycles. The van der Waals surface area contributed by atoms with Gasteiger partial charge in [-0.15, -0.1) is 0 Å². The fraction of sp³-hybridized carbons (Fsp3) is 0.600. The van der Waals surface area contributed by atoms with Crippen LogP contribution in [-0.2, 0) is 9.53 Å². The fourth-order valence-corrected chi connectivity index (χ4v) is 5.07. The van der Waals surface area contributed by atoms with Gasteiger partial charge in [0.25, 0.3) is 5.91 Å². The third kappa shape index (κ3) is 2.35. The molecule has 24 heavy (non-hydrogen) atoms. The van der Waals surface area contributed by atoms with Gasteiger partial charge in [-0.25, -0.2) is 0 Å². The van der Waals surface area contributed by atoms with Crippen molar-refractivity contribution in [2.75, 3.05) is 7.05 Å². The Morgan fingerprint density at radius 1 is 1.17 bits per heavy atom. The van der Waals surface area contributed by atoms with E-state index in [0.29, 0.717) is 5.92 Å². The molecule has 0 saturated heterocycles. The number of rotatable bonds is 3. The van der Waals surface area contributed by atoms with Gasteiger partial charge in [0.05, 0.1) is 0 Å². The molecule has 4 atom stereocenters. The van der Waals surface area contributed by atoms with E-state index in [1.54, 1.807) is 0 Å². The summed E-state index contributed by atoms with van der Waals surface area (Å²) in [4.78, 5) is 26.2. The van der Waals surface area contributed by atoms with Crippen LogP contribution in [0.2, 0.25) is 0 Å². The number of carbonyl (C=O) groups excluding carboxylic acids is 2. The number of esters is 1. The van der Waals surface area contributed by atoms with Crippen LogP contribution in [0.1, 0.15) is 50.9 Å².